The summed E-state index contributed by atoms with van der Waals surface area (Å²) < 4.78 is 23.3. The van der Waals surface area contributed by atoms with Crippen LogP contribution in [0.3, 0.4) is 0 Å². The van der Waals surface area contributed by atoms with Gasteiger partial charge in [0.15, 0.2) is 9.84 Å². The molecule has 0 aliphatic carbocycles. The molecule has 0 bridgehead atoms. The summed E-state index contributed by atoms with van der Waals surface area (Å²) in [6, 6.07) is 8.45. The fourth-order valence-electron chi connectivity index (χ4n) is 3.56. The van der Waals surface area contributed by atoms with Gasteiger partial charge in [-0.05, 0) is 30.4 Å². The molecule has 0 spiro atoms. The van der Waals surface area contributed by atoms with Gasteiger partial charge in [0, 0.05) is 32.2 Å². The largest absolute Gasteiger partial charge is 0.390 e. The van der Waals surface area contributed by atoms with Crippen LogP contribution in [0.5, 0.6) is 0 Å². The minimum atomic E-state index is -2.90. The van der Waals surface area contributed by atoms with E-state index < -0.39 is 15.9 Å². The van der Waals surface area contributed by atoms with E-state index in [2.05, 4.69) is 34.5 Å². The van der Waals surface area contributed by atoms with E-state index in [1.807, 2.05) is 0 Å². The van der Waals surface area contributed by atoms with Crippen LogP contribution < -0.4 is 5.32 Å². The molecule has 0 radical (unpaired) electrons. The third-order valence-electron chi connectivity index (χ3n) is 4.78. The number of aliphatic hydroxyl groups excluding tert-OH is 1. The van der Waals surface area contributed by atoms with Crippen LogP contribution in [0.4, 0.5) is 0 Å². The van der Waals surface area contributed by atoms with Gasteiger partial charge in [0.05, 0.1) is 17.6 Å². The van der Waals surface area contributed by atoms with Crippen molar-refractivity contribution >= 4 is 9.84 Å². The first-order chi connectivity index (χ1) is 11.0. The fraction of sp³-hybridized carbons (Fsp3) is 0.647. The van der Waals surface area contributed by atoms with Gasteiger partial charge < -0.3 is 10.4 Å². The van der Waals surface area contributed by atoms with Crippen LogP contribution in [-0.2, 0) is 22.8 Å². The third-order valence-corrected chi connectivity index (χ3v) is 6.60. The molecule has 2 atom stereocenters. The lowest BCUT2D eigenvalue weighted by Gasteiger charge is -2.31. The summed E-state index contributed by atoms with van der Waals surface area (Å²) in [5.41, 5.74) is 2.75. The Kier molecular flexibility index (Phi) is 5.36. The second-order valence-electron chi connectivity index (χ2n) is 6.77. The van der Waals surface area contributed by atoms with Crippen molar-refractivity contribution in [1.29, 1.82) is 0 Å². The first-order valence-corrected chi connectivity index (χ1v) is 10.2. The molecule has 23 heavy (non-hydrogen) atoms. The Bertz CT molecular complexity index is 632. The molecule has 1 aromatic rings. The summed E-state index contributed by atoms with van der Waals surface area (Å²) in [6.07, 6.45) is 2.16. The van der Waals surface area contributed by atoms with E-state index in [1.54, 1.807) is 0 Å². The van der Waals surface area contributed by atoms with Crippen LogP contribution in [0.1, 0.15) is 24.0 Å². The maximum Gasteiger partial charge on any atom is 0.151 e. The Morgan fingerprint density at radius 3 is 2.87 bits per heavy atom. The summed E-state index contributed by atoms with van der Waals surface area (Å²) >= 11 is 0. The number of nitrogens with one attached hydrogen (secondary N) is 1. The highest BCUT2D eigenvalue weighted by Gasteiger charge is 2.25. The monoisotopic (exact) mass is 338 g/mol. The van der Waals surface area contributed by atoms with Crippen molar-refractivity contribution in [3.05, 3.63) is 35.4 Å². The van der Waals surface area contributed by atoms with E-state index >= 15 is 0 Å². The lowest BCUT2D eigenvalue weighted by atomic mass is 10.00. The number of β-amino-alcohol motifs (C(OH)–C–C–N with tert-alkyl or cyclic N) is 1. The van der Waals surface area contributed by atoms with E-state index in [4.69, 9.17) is 0 Å². The quantitative estimate of drug-likeness (QED) is 0.822. The molecule has 2 N–H and O–H groups in total. The molecule has 1 aromatic carbocycles. The van der Waals surface area contributed by atoms with Crippen molar-refractivity contribution in [2.45, 2.75) is 38.0 Å². The standard InChI is InChI=1S/C17H26N2O3S/c20-17(10-18-16-6-3-9-23(21,22)13-16)12-19-8-7-14-4-1-2-5-15(14)11-19/h1-2,4-5,16-18,20H,3,6-13H2/t16-,17-/m1/s1. The van der Waals surface area contributed by atoms with Gasteiger partial charge in [-0.1, -0.05) is 24.3 Å². The van der Waals surface area contributed by atoms with Crippen LogP contribution >= 0.6 is 0 Å². The van der Waals surface area contributed by atoms with Gasteiger partial charge in [0.2, 0.25) is 0 Å². The second-order valence-corrected chi connectivity index (χ2v) is 9.00. The van der Waals surface area contributed by atoms with Gasteiger partial charge in [0.25, 0.3) is 0 Å². The van der Waals surface area contributed by atoms with E-state index in [-0.39, 0.29) is 11.8 Å². The topological polar surface area (TPSA) is 69.6 Å². The maximum atomic E-state index is 11.6. The highest BCUT2D eigenvalue weighted by molar-refractivity contribution is 7.91. The van der Waals surface area contributed by atoms with Crippen molar-refractivity contribution in [3.63, 3.8) is 0 Å². The highest BCUT2D eigenvalue weighted by Crippen LogP contribution is 2.18. The van der Waals surface area contributed by atoms with Gasteiger partial charge in [-0.25, -0.2) is 8.42 Å². The number of benzene rings is 1. The fourth-order valence-corrected chi connectivity index (χ4v) is 5.23. The summed E-state index contributed by atoms with van der Waals surface area (Å²) in [5.74, 6) is 0.512. The lowest BCUT2D eigenvalue weighted by Crippen LogP contribution is -2.46. The smallest absolute Gasteiger partial charge is 0.151 e. The average molecular weight is 338 g/mol. The third kappa shape index (κ3) is 4.76. The van der Waals surface area contributed by atoms with Crippen LogP contribution in [-0.4, -0.2) is 61.7 Å². The molecule has 128 valence electrons. The molecule has 1 fully saturated rings. The van der Waals surface area contributed by atoms with Crippen LogP contribution in [0, 0.1) is 0 Å². The lowest BCUT2D eigenvalue weighted by molar-refractivity contribution is 0.102. The highest BCUT2D eigenvalue weighted by atomic mass is 32.2. The molecule has 0 aromatic heterocycles. The molecule has 2 heterocycles. The molecule has 3 rings (SSSR count). The van der Waals surface area contributed by atoms with Crippen molar-refractivity contribution in [3.8, 4) is 0 Å². The van der Waals surface area contributed by atoms with E-state index in [0.29, 0.717) is 18.8 Å². The molecule has 2 aliphatic heterocycles. The van der Waals surface area contributed by atoms with Crippen molar-refractivity contribution in [1.82, 2.24) is 10.2 Å². The first-order valence-electron chi connectivity index (χ1n) is 8.43. The van der Waals surface area contributed by atoms with Crippen molar-refractivity contribution in [2.75, 3.05) is 31.1 Å². The molecule has 2 aliphatic rings. The SMILES string of the molecule is O=S1(=O)CCC[C@@H](NC[C@@H](O)CN2CCc3ccccc3C2)C1. The van der Waals surface area contributed by atoms with Gasteiger partial charge in [-0.15, -0.1) is 0 Å². The summed E-state index contributed by atoms with van der Waals surface area (Å²) in [6.45, 7) is 2.93. The number of hydrogen-bond donors (Lipinski definition) is 2. The zero-order chi connectivity index (χ0) is 16.3. The molecule has 6 heteroatoms. The molecule has 0 saturated carbocycles. The van der Waals surface area contributed by atoms with Crippen LogP contribution in [0.15, 0.2) is 24.3 Å². The van der Waals surface area contributed by atoms with Gasteiger partial charge in [-0.3, -0.25) is 4.90 Å². The molecular formula is C17H26N2O3S. The number of sulfone groups is 1. The maximum absolute atomic E-state index is 11.6. The van der Waals surface area contributed by atoms with Crippen molar-refractivity contribution in [2.24, 2.45) is 0 Å². The van der Waals surface area contributed by atoms with E-state index in [9.17, 15) is 13.5 Å². The minimum Gasteiger partial charge on any atom is -0.390 e. The summed E-state index contributed by atoms with van der Waals surface area (Å²) in [5, 5.41) is 13.5. The minimum absolute atomic E-state index is 0.00881. The predicted molar refractivity (Wildman–Crippen MR) is 91.1 cm³/mol. The number of hydrogen-bond acceptors (Lipinski definition) is 5. The van der Waals surface area contributed by atoms with Crippen LogP contribution in [0.2, 0.25) is 0 Å². The molecule has 0 unspecified atom stereocenters. The first kappa shape index (κ1) is 16.9. The zero-order valence-electron chi connectivity index (χ0n) is 13.4. The Morgan fingerprint density at radius 2 is 2.09 bits per heavy atom. The number of fused-ring (bicyclic) bond motifs is 1. The Labute approximate surface area is 138 Å². The number of aliphatic hydroxyl groups is 1. The summed E-state index contributed by atoms with van der Waals surface area (Å²) in [7, 11) is -2.90. The Balaban J connectivity index is 1.44. The van der Waals surface area contributed by atoms with Crippen LogP contribution in [0.25, 0.3) is 0 Å². The molecule has 5 nitrogen and oxygen atoms in total. The Morgan fingerprint density at radius 1 is 1.30 bits per heavy atom. The van der Waals surface area contributed by atoms with Gasteiger partial charge >= 0.3 is 0 Å². The average Bonchev–Trinajstić information content (AvgIpc) is 2.52. The predicted octanol–water partition coefficient (Wildman–Crippen LogP) is 0.572. The van der Waals surface area contributed by atoms with Gasteiger partial charge in [0.1, 0.15) is 0 Å². The summed E-state index contributed by atoms with van der Waals surface area (Å²) in [4.78, 5) is 2.27. The second kappa shape index (κ2) is 7.30. The Hall–Kier alpha value is -0.950. The number of nitrogens with zero attached hydrogens (tertiary/aromatic N) is 1. The van der Waals surface area contributed by atoms with Crippen molar-refractivity contribution < 1.29 is 13.5 Å². The normalized spacial score (nSPS) is 25.7. The van der Waals surface area contributed by atoms with E-state index in [1.165, 1.54) is 11.1 Å². The molecular weight excluding hydrogens is 312 g/mol. The van der Waals surface area contributed by atoms with E-state index in [0.717, 1.165) is 32.4 Å². The van der Waals surface area contributed by atoms with Gasteiger partial charge in [-0.2, -0.15) is 0 Å². The molecule has 1 saturated heterocycles. The molecule has 0 amide bonds. The number of rotatable bonds is 5. The zero-order valence-corrected chi connectivity index (χ0v) is 14.3.